The fourth-order valence-electron chi connectivity index (χ4n) is 1.98. The molecule has 1 aromatic heterocycles. The molecule has 0 radical (unpaired) electrons. The van der Waals surface area contributed by atoms with E-state index in [2.05, 4.69) is 47.4 Å². The summed E-state index contributed by atoms with van der Waals surface area (Å²) < 4.78 is 1.89. The molecule has 0 unspecified atom stereocenters. The molecule has 106 valence electrons. The lowest BCUT2D eigenvalue weighted by atomic mass is 10.3. The Hall–Kier alpha value is 0.0500. The van der Waals surface area contributed by atoms with Gasteiger partial charge in [-0.15, -0.1) is 11.3 Å². The van der Waals surface area contributed by atoms with E-state index < -0.39 is 0 Å². The van der Waals surface area contributed by atoms with Gasteiger partial charge in [-0.3, -0.25) is 4.79 Å². The van der Waals surface area contributed by atoms with Gasteiger partial charge in [-0.05, 0) is 50.9 Å². The Balaban J connectivity index is 1.66. The summed E-state index contributed by atoms with van der Waals surface area (Å²) in [6.45, 7) is 6.15. The number of thiophene rings is 1. The second-order valence-corrected chi connectivity index (χ2v) is 7.66. The molecule has 0 bridgehead atoms. The predicted molar refractivity (Wildman–Crippen MR) is 86.0 cm³/mol. The number of carbonyl (C=O) groups excluding carboxylic acids is 1. The van der Waals surface area contributed by atoms with E-state index in [9.17, 15) is 4.79 Å². The summed E-state index contributed by atoms with van der Waals surface area (Å²) in [6.07, 6.45) is 0.999. The van der Waals surface area contributed by atoms with Crippen molar-refractivity contribution in [3.05, 3.63) is 19.2 Å². The molecule has 1 fully saturated rings. The van der Waals surface area contributed by atoms with Crippen LogP contribution in [-0.4, -0.2) is 50.1 Å². The molecular weight excluding hydrogens is 394 g/mol. The van der Waals surface area contributed by atoms with Gasteiger partial charge in [0.1, 0.15) is 0 Å². The lowest BCUT2D eigenvalue weighted by Gasteiger charge is -2.27. The van der Waals surface area contributed by atoms with Gasteiger partial charge in [0, 0.05) is 37.2 Å². The molecule has 1 saturated heterocycles. The molecule has 2 rings (SSSR count). The van der Waals surface area contributed by atoms with Crippen LogP contribution in [0.2, 0.25) is 0 Å². The first-order valence-electron chi connectivity index (χ1n) is 6.33. The quantitative estimate of drug-likeness (QED) is 0.732. The molecule has 1 amide bonds. The fourth-order valence-corrected chi connectivity index (χ4v) is 3.94. The highest BCUT2D eigenvalue weighted by Crippen LogP contribution is 2.32. The third kappa shape index (κ3) is 4.82. The molecule has 0 saturated carbocycles. The van der Waals surface area contributed by atoms with Gasteiger partial charge in [-0.2, -0.15) is 0 Å². The van der Waals surface area contributed by atoms with E-state index in [0.717, 1.165) is 58.8 Å². The molecular formula is C12H17Br2N3OS. The lowest BCUT2D eigenvalue weighted by Crippen LogP contribution is -2.44. The van der Waals surface area contributed by atoms with E-state index in [0.29, 0.717) is 0 Å². The predicted octanol–water partition coefficient (Wildman–Crippen LogP) is 2.30. The minimum Gasteiger partial charge on any atom is -0.351 e. The lowest BCUT2D eigenvalue weighted by molar-refractivity contribution is 0.0955. The molecule has 0 aliphatic carbocycles. The second-order valence-electron chi connectivity index (χ2n) is 4.43. The minimum absolute atomic E-state index is 0.0108. The SMILES string of the molecule is O=C(NCCCN1CCNCC1)c1cc(Br)c(Br)s1. The van der Waals surface area contributed by atoms with E-state index in [1.165, 1.54) is 11.3 Å². The highest BCUT2D eigenvalue weighted by atomic mass is 79.9. The zero-order chi connectivity index (χ0) is 13.7. The molecule has 19 heavy (non-hydrogen) atoms. The van der Waals surface area contributed by atoms with Gasteiger partial charge in [-0.1, -0.05) is 0 Å². The monoisotopic (exact) mass is 409 g/mol. The number of nitrogens with zero attached hydrogens (tertiary/aromatic N) is 1. The minimum atomic E-state index is 0.0108. The Labute approximate surface area is 134 Å². The van der Waals surface area contributed by atoms with Gasteiger partial charge in [-0.25, -0.2) is 0 Å². The summed E-state index contributed by atoms with van der Waals surface area (Å²) in [4.78, 5) is 15.1. The standard InChI is InChI=1S/C12H17Br2N3OS/c13-9-8-10(19-11(9)14)12(18)16-2-1-5-17-6-3-15-4-7-17/h8,15H,1-7H2,(H,16,18). The van der Waals surface area contributed by atoms with Crippen LogP contribution in [0.4, 0.5) is 0 Å². The zero-order valence-corrected chi connectivity index (χ0v) is 14.5. The van der Waals surface area contributed by atoms with Crippen molar-refractivity contribution in [1.29, 1.82) is 0 Å². The maximum atomic E-state index is 11.9. The van der Waals surface area contributed by atoms with E-state index in [4.69, 9.17) is 0 Å². The first-order chi connectivity index (χ1) is 9.16. The van der Waals surface area contributed by atoms with Gasteiger partial charge >= 0.3 is 0 Å². The van der Waals surface area contributed by atoms with Crippen molar-refractivity contribution in [3.8, 4) is 0 Å². The van der Waals surface area contributed by atoms with Crippen LogP contribution in [0.3, 0.4) is 0 Å². The van der Waals surface area contributed by atoms with Crippen LogP contribution in [0.25, 0.3) is 0 Å². The smallest absolute Gasteiger partial charge is 0.261 e. The number of hydrogen-bond acceptors (Lipinski definition) is 4. The van der Waals surface area contributed by atoms with Crippen LogP contribution in [0.15, 0.2) is 14.3 Å². The molecule has 2 N–H and O–H groups in total. The van der Waals surface area contributed by atoms with Crippen molar-refractivity contribution in [3.63, 3.8) is 0 Å². The van der Waals surface area contributed by atoms with Crippen molar-refractivity contribution in [2.45, 2.75) is 6.42 Å². The number of nitrogens with one attached hydrogen (secondary N) is 2. The van der Waals surface area contributed by atoms with Crippen LogP contribution < -0.4 is 10.6 Å². The molecule has 0 aromatic carbocycles. The van der Waals surface area contributed by atoms with Gasteiger partial charge in [0.05, 0.1) is 8.66 Å². The average molecular weight is 411 g/mol. The van der Waals surface area contributed by atoms with Crippen LogP contribution in [0.5, 0.6) is 0 Å². The van der Waals surface area contributed by atoms with Gasteiger partial charge in [0.2, 0.25) is 0 Å². The molecule has 0 spiro atoms. The number of hydrogen-bond donors (Lipinski definition) is 2. The average Bonchev–Trinajstić information content (AvgIpc) is 2.76. The second kappa shape index (κ2) is 7.73. The van der Waals surface area contributed by atoms with Gasteiger partial charge < -0.3 is 15.5 Å². The van der Waals surface area contributed by atoms with Gasteiger partial charge in [0.25, 0.3) is 5.91 Å². The third-order valence-electron chi connectivity index (χ3n) is 3.02. The first kappa shape index (κ1) is 15.4. The van der Waals surface area contributed by atoms with Crippen molar-refractivity contribution >= 4 is 49.1 Å². The Kier molecular flexibility index (Phi) is 6.28. The molecule has 4 nitrogen and oxygen atoms in total. The number of piperazine rings is 1. The van der Waals surface area contributed by atoms with E-state index in [1.807, 2.05) is 6.07 Å². The highest BCUT2D eigenvalue weighted by Gasteiger charge is 2.12. The van der Waals surface area contributed by atoms with Crippen molar-refractivity contribution in [1.82, 2.24) is 15.5 Å². The van der Waals surface area contributed by atoms with Crippen molar-refractivity contribution in [2.24, 2.45) is 0 Å². The first-order valence-corrected chi connectivity index (χ1v) is 8.73. The van der Waals surface area contributed by atoms with E-state index >= 15 is 0 Å². The van der Waals surface area contributed by atoms with Crippen molar-refractivity contribution < 1.29 is 4.79 Å². The highest BCUT2D eigenvalue weighted by molar-refractivity contribution is 9.13. The normalized spacial score (nSPS) is 16.5. The van der Waals surface area contributed by atoms with Crippen LogP contribution in [-0.2, 0) is 0 Å². The molecule has 1 aliphatic rings. The summed E-state index contributed by atoms with van der Waals surface area (Å²) in [5.74, 6) is 0.0108. The van der Waals surface area contributed by atoms with Crippen LogP contribution >= 0.6 is 43.2 Å². The Morgan fingerprint density at radius 1 is 1.42 bits per heavy atom. The van der Waals surface area contributed by atoms with E-state index in [1.54, 1.807) is 0 Å². The molecule has 1 aromatic rings. The molecule has 7 heteroatoms. The maximum Gasteiger partial charge on any atom is 0.261 e. The number of amides is 1. The summed E-state index contributed by atoms with van der Waals surface area (Å²) in [5.41, 5.74) is 0. The summed E-state index contributed by atoms with van der Waals surface area (Å²) in [7, 11) is 0. The topological polar surface area (TPSA) is 44.4 Å². The number of carbonyl (C=O) groups is 1. The largest absolute Gasteiger partial charge is 0.351 e. The summed E-state index contributed by atoms with van der Waals surface area (Å²) in [5, 5.41) is 6.30. The Morgan fingerprint density at radius 2 is 2.16 bits per heavy atom. The fraction of sp³-hybridized carbons (Fsp3) is 0.583. The Morgan fingerprint density at radius 3 is 2.79 bits per heavy atom. The Bertz CT molecular complexity index is 413. The molecule has 0 atom stereocenters. The van der Waals surface area contributed by atoms with Gasteiger partial charge in [0.15, 0.2) is 0 Å². The zero-order valence-electron chi connectivity index (χ0n) is 10.5. The van der Waals surface area contributed by atoms with E-state index in [-0.39, 0.29) is 5.91 Å². The number of halogens is 2. The third-order valence-corrected chi connectivity index (χ3v) is 6.27. The summed E-state index contributed by atoms with van der Waals surface area (Å²) >= 11 is 8.23. The summed E-state index contributed by atoms with van der Waals surface area (Å²) in [6, 6.07) is 1.85. The molecule has 1 aliphatic heterocycles. The van der Waals surface area contributed by atoms with Crippen LogP contribution in [0, 0.1) is 0 Å². The van der Waals surface area contributed by atoms with Crippen molar-refractivity contribution in [2.75, 3.05) is 39.3 Å². The number of rotatable bonds is 5. The molecule has 2 heterocycles. The maximum absolute atomic E-state index is 11.9. The van der Waals surface area contributed by atoms with Crippen LogP contribution in [0.1, 0.15) is 16.1 Å².